The van der Waals surface area contributed by atoms with Crippen molar-refractivity contribution in [3.8, 4) is 11.5 Å². The summed E-state index contributed by atoms with van der Waals surface area (Å²) in [5.74, 6) is 0.597. The molecule has 1 aromatic heterocycles. The number of nitrogens with one attached hydrogen (secondary N) is 1. The van der Waals surface area contributed by atoms with Gasteiger partial charge < -0.3 is 19.7 Å². The lowest BCUT2D eigenvalue weighted by atomic mass is 9.86. The van der Waals surface area contributed by atoms with E-state index in [1.54, 1.807) is 66.9 Å². The van der Waals surface area contributed by atoms with Crippen LogP contribution in [0, 0.1) is 0 Å². The fourth-order valence-corrected chi connectivity index (χ4v) is 4.51. The molecule has 1 saturated heterocycles. The molecule has 4 rings (SSSR count). The molecule has 8 heteroatoms. The lowest BCUT2D eigenvalue weighted by Crippen LogP contribution is -2.51. The molecule has 2 aromatic carbocycles. The second kappa shape index (κ2) is 10.6. The molecule has 1 aliphatic rings. The first-order chi connectivity index (χ1) is 16.5. The maximum absolute atomic E-state index is 13.3. The number of carbonyl (C=O) groups is 2. The van der Waals surface area contributed by atoms with Crippen molar-refractivity contribution in [3.05, 3.63) is 88.7 Å². The van der Waals surface area contributed by atoms with Gasteiger partial charge in [-0.2, -0.15) is 0 Å². The van der Waals surface area contributed by atoms with Gasteiger partial charge >= 0.3 is 0 Å². The Morgan fingerprint density at radius 2 is 1.85 bits per heavy atom. The van der Waals surface area contributed by atoms with Crippen LogP contribution in [0.25, 0.3) is 0 Å². The quantitative estimate of drug-likeness (QED) is 0.573. The zero-order valence-electron chi connectivity index (χ0n) is 19.0. The summed E-state index contributed by atoms with van der Waals surface area (Å²) >= 11 is 6.23. The summed E-state index contributed by atoms with van der Waals surface area (Å²) in [6.07, 6.45) is 4.08. The van der Waals surface area contributed by atoms with Crippen molar-refractivity contribution in [2.45, 2.75) is 18.4 Å². The summed E-state index contributed by atoms with van der Waals surface area (Å²) in [7, 11) is 3.09. The van der Waals surface area contributed by atoms with E-state index in [9.17, 15) is 9.59 Å². The predicted octanol–water partition coefficient (Wildman–Crippen LogP) is 4.18. The highest BCUT2D eigenvalue weighted by Gasteiger charge is 2.34. The Morgan fingerprint density at radius 3 is 2.56 bits per heavy atom. The van der Waals surface area contributed by atoms with Crippen molar-refractivity contribution < 1.29 is 19.1 Å². The molecule has 2 amide bonds. The van der Waals surface area contributed by atoms with Crippen molar-refractivity contribution in [1.82, 2.24) is 15.2 Å². The van der Waals surface area contributed by atoms with Gasteiger partial charge in [0.05, 0.1) is 24.8 Å². The number of hydrogen-bond donors (Lipinski definition) is 1. The monoisotopic (exact) mass is 479 g/mol. The van der Waals surface area contributed by atoms with Gasteiger partial charge in [0.1, 0.15) is 0 Å². The number of piperidine rings is 1. The molecule has 1 fully saturated rings. The number of hydrogen-bond acceptors (Lipinski definition) is 5. The van der Waals surface area contributed by atoms with Gasteiger partial charge in [0.15, 0.2) is 11.5 Å². The molecule has 3 aromatic rings. The third-order valence-corrected chi connectivity index (χ3v) is 6.41. The van der Waals surface area contributed by atoms with Gasteiger partial charge in [-0.15, -0.1) is 0 Å². The van der Waals surface area contributed by atoms with E-state index in [0.717, 1.165) is 5.56 Å². The summed E-state index contributed by atoms with van der Waals surface area (Å²) in [5.41, 5.74) is 1.90. The minimum absolute atomic E-state index is 0.106. The van der Waals surface area contributed by atoms with Gasteiger partial charge in [-0.05, 0) is 48.4 Å². The first kappa shape index (κ1) is 23.6. The van der Waals surface area contributed by atoms with E-state index in [-0.39, 0.29) is 23.8 Å². The van der Waals surface area contributed by atoms with Crippen molar-refractivity contribution >= 4 is 23.4 Å². The Morgan fingerprint density at radius 1 is 1.06 bits per heavy atom. The normalized spacial score (nSPS) is 17.7. The first-order valence-corrected chi connectivity index (χ1v) is 11.4. The predicted molar refractivity (Wildman–Crippen MR) is 130 cm³/mol. The molecular weight excluding hydrogens is 454 g/mol. The number of amides is 2. The Kier molecular flexibility index (Phi) is 7.33. The average molecular weight is 480 g/mol. The smallest absolute Gasteiger partial charge is 0.254 e. The number of benzene rings is 2. The lowest BCUT2D eigenvalue weighted by Gasteiger charge is -2.39. The molecule has 2 heterocycles. The summed E-state index contributed by atoms with van der Waals surface area (Å²) in [4.78, 5) is 32.4. The van der Waals surface area contributed by atoms with E-state index in [2.05, 4.69) is 10.3 Å². The van der Waals surface area contributed by atoms with Crippen LogP contribution < -0.4 is 14.8 Å². The van der Waals surface area contributed by atoms with E-state index < -0.39 is 0 Å². The molecule has 0 aliphatic carbocycles. The average Bonchev–Trinajstić information content (AvgIpc) is 2.88. The molecule has 176 valence electrons. The maximum Gasteiger partial charge on any atom is 0.254 e. The fourth-order valence-electron chi connectivity index (χ4n) is 4.29. The van der Waals surface area contributed by atoms with Crippen molar-refractivity contribution in [1.29, 1.82) is 0 Å². The van der Waals surface area contributed by atoms with Crippen LogP contribution in [0.3, 0.4) is 0 Å². The number of aromatic nitrogens is 1. The minimum Gasteiger partial charge on any atom is -0.493 e. The largest absolute Gasteiger partial charge is 0.493 e. The topological polar surface area (TPSA) is 80.8 Å². The van der Waals surface area contributed by atoms with Crippen LogP contribution in [0.5, 0.6) is 11.5 Å². The fraction of sp³-hybridized carbons (Fsp3) is 0.269. The molecular formula is C26H26ClN3O4. The van der Waals surface area contributed by atoms with Gasteiger partial charge in [-0.1, -0.05) is 29.8 Å². The molecule has 7 nitrogen and oxygen atoms in total. The van der Waals surface area contributed by atoms with Crippen LogP contribution in [0.4, 0.5) is 0 Å². The standard InChI is InChI=1S/C26H26ClN3O4/c1-33-23-10-9-17(14-24(23)34-2)26(32)30-13-11-22(20(16-30)18-6-5-12-28-15-18)29-25(31)19-7-3-4-8-21(19)27/h3-10,12,14-15,20,22H,11,13,16H2,1-2H3,(H,29,31)/t20-,22+/m0/s1. The zero-order chi connectivity index (χ0) is 24.1. The van der Waals surface area contributed by atoms with Gasteiger partial charge in [0.2, 0.25) is 0 Å². The minimum atomic E-state index is -0.232. The number of rotatable bonds is 6. The van der Waals surface area contributed by atoms with Crippen LogP contribution in [0.2, 0.25) is 5.02 Å². The molecule has 0 saturated carbocycles. The number of pyridine rings is 1. The Hall–Kier alpha value is -3.58. The SMILES string of the molecule is COc1ccc(C(=O)N2CC[C@@H](NC(=O)c3ccccc3Cl)[C@H](c3cccnc3)C2)cc1OC. The second-order valence-corrected chi connectivity index (χ2v) is 8.47. The molecule has 2 atom stereocenters. The summed E-state index contributed by atoms with van der Waals surface area (Å²) in [6.45, 7) is 0.934. The molecule has 1 N–H and O–H groups in total. The van der Waals surface area contributed by atoms with E-state index in [1.807, 2.05) is 12.1 Å². The van der Waals surface area contributed by atoms with Gasteiger partial charge in [0.25, 0.3) is 11.8 Å². The Bertz CT molecular complexity index is 1170. The lowest BCUT2D eigenvalue weighted by molar-refractivity contribution is 0.0671. The van der Waals surface area contributed by atoms with Gasteiger partial charge in [-0.3, -0.25) is 14.6 Å². The number of nitrogens with zero attached hydrogens (tertiary/aromatic N) is 2. The van der Waals surface area contributed by atoms with Crippen LogP contribution in [0.15, 0.2) is 67.0 Å². The van der Waals surface area contributed by atoms with E-state index in [4.69, 9.17) is 21.1 Å². The molecule has 0 unspecified atom stereocenters. The third-order valence-electron chi connectivity index (χ3n) is 6.08. The summed E-state index contributed by atoms with van der Waals surface area (Å²) in [6, 6.07) is 15.8. The Balaban J connectivity index is 1.56. The third kappa shape index (κ3) is 4.99. The van der Waals surface area contributed by atoms with E-state index >= 15 is 0 Å². The van der Waals surface area contributed by atoms with Gasteiger partial charge in [-0.25, -0.2) is 0 Å². The van der Waals surface area contributed by atoms with Gasteiger partial charge in [0, 0.05) is 43.0 Å². The number of likely N-dealkylation sites (tertiary alicyclic amines) is 1. The van der Waals surface area contributed by atoms with E-state index in [1.165, 1.54) is 7.11 Å². The highest BCUT2D eigenvalue weighted by atomic mass is 35.5. The van der Waals surface area contributed by atoms with Crippen LogP contribution in [0.1, 0.15) is 38.6 Å². The molecule has 0 spiro atoms. The summed E-state index contributed by atoms with van der Waals surface area (Å²) < 4.78 is 10.6. The first-order valence-electron chi connectivity index (χ1n) is 11.0. The zero-order valence-corrected chi connectivity index (χ0v) is 19.8. The second-order valence-electron chi connectivity index (χ2n) is 8.06. The van der Waals surface area contributed by atoms with Crippen LogP contribution in [-0.2, 0) is 0 Å². The van der Waals surface area contributed by atoms with Crippen molar-refractivity contribution in [2.24, 2.45) is 0 Å². The highest BCUT2D eigenvalue weighted by Crippen LogP contribution is 2.31. The van der Waals surface area contributed by atoms with Crippen molar-refractivity contribution in [3.63, 3.8) is 0 Å². The van der Waals surface area contributed by atoms with E-state index in [0.29, 0.717) is 47.2 Å². The molecule has 0 bridgehead atoms. The molecule has 0 radical (unpaired) electrons. The number of halogens is 1. The van der Waals surface area contributed by atoms with Crippen LogP contribution in [-0.4, -0.2) is 55.0 Å². The molecule has 1 aliphatic heterocycles. The maximum atomic E-state index is 13.3. The summed E-state index contributed by atoms with van der Waals surface area (Å²) in [5, 5.41) is 3.53. The number of carbonyl (C=O) groups excluding carboxylic acids is 2. The van der Waals surface area contributed by atoms with Crippen LogP contribution >= 0.6 is 11.6 Å². The highest BCUT2D eigenvalue weighted by molar-refractivity contribution is 6.33. The van der Waals surface area contributed by atoms with Crippen molar-refractivity contribution in [2.75, 3.05) is 27.3 Å². The number of methoxy groups -OCH3 is 2. The molecule has 34 heavy (non-hydrogen) atoms. The Labute approximate surface area is 203 Å². The number of ether oxygens (including phenoxy) is 2.